The predicted molar refractivity (Wildman–Crippen MR) is 128 cm³/mol. The summed E-state index contributed by atoms with van der Waals surface area (Å²) in [6.45, 7) is 2.87. The van der Waals surface area contributed by atoms with Crippen molar-refractivity contribution in [1.29, 1.82) is 0 Å². The van der Waals surface area contributed by atoms with Crippen LogP contribution in [0, 0.1) is 0 Å². The first-order chi connectivity index (χ1) is 15.7. The highest BCUT2D eigenvalue weighted by Crippen LogP contribution is 2.49. The number of benzene rings is 2. The molecular weight excluding hydrogens is 398 g/mol. The Labute approximate surface area is 189 Å². The van der Waals surface area contributed by atoms with Crippen molar-refractivity contribution in [3.63, 3.8) is 0 Å². The summed E-state index contributed by atoms with van der Waals surface area (Å²) in [5, 5.41) is 1.30. The molecule has 5 nitrogen and oxygen atoms in total. The summed E-state index contributed by atoms with van der Waals surface area (Å²) in [5.74, 6) is 0.287. The lowest BCUT2D eigenvalue weighted by Gasteiger charge is -2.35. The van der Waals surface area contributed by atoms with Crippen LogP contribution >= 0.6 is 0 Å². The topological polar surface area (TPSA) is 60.5 Å². The molecule has 1 saturated carbocycles. The summed E-state index contributed by atoms with van der Waals surface area (Å²) in [6, 6.07) is 12.9. The van der Waals surface area contributed by atoms with Crippen LogP contribution in [0.15, 0.2) is 36.4 Å². The van der Waals surface area contributed by atoms with Crippen molar-refractivity contribution >= 4 is 22.6 Å². The van der Waals surface area contributed by atoms with Crippen molar-refractivity contribution < 1.29 is 9.53 Å². The largest absolute Gasteiger partial charge is 0.465 e. The molecule has 2 aromatic carbocycles. The van der Waals surface area contributed by atoms with Gasteiger partial charge in [0.25, 0.3) is 0 Å². The van der Waals surface area contributed by atoms with Gasteiger partial charge < -0.3 is 19.9 Å². The van der Waals surface area contributed by atoms with E-state index in [-0.39, 0.29) is 12.0 Å². The highest BCUT2D eigenvalue weighted by Gasteiger charge is 2.33. The van der Waals surface area contributed by atoms with E-state index in [1.165, 1.54) is 72.7 Å². The van der Waals surface area contributed by atoms with Gasteiger partial charge in [0.05, 0.1) is 24.1 Å². The molecule has 0 saturated heterocycles. The van der Waals surface area contributed by atoms with Crippen LogP contribution in [0.5, 0.6) is 0 Å². The average molecular weight is 430 g/mol. The van der Waals surface area contributed by atoms with E-state index < -0.39 is 0 Å². The number of ether oxygens (including phenoxy) is 1. The monoisotopic (exact) mass is 429 g/mol. The predicted octanol–water partition coefficient (Wildman–Crippen LogP) is 5.37. The normalized spacial score (nSPS) is 20.6. The first-order valence-corrected chi connectivity index (χ1v) is 12.1. The minimum atomic E-state index is -0.275. The van der Waals surface area contributed by atoms with E-state index in [1.54, 1.807) is 0 Å². The van der Waals surface area contributed by atoms with E-state index in [0.717, 1.165) is 31.6 Å². The van der Waals surface area contributed by atoms with Crippen molar-refractivity contribution in [2.75, 3.05) is 25.1 Å². The molecule has 0 spiro atoms. The van der Waals surface area contributed by atoms with Crippen molar-refractivity contribution in [2.24, 2.45) is 5.73 Å². The van der Waals surface area contributed by atoms with E-state index in [9.17, 15) is 4.79 Å². The number of nitrogens with two attached hydrogens (primary N) is 1. The number of carbonyl (C=O) groups is 1. The van der Waals surface area contributed by atoms with Crippen LogP contribution in [-0.4, -0.2) is 30.7 Å². The summed E-state index contributed by atoms with van der Waals surface area (Å²) in [6.07, 6.45) is 7.39. The third kappa shape index (κ3) is 2.91. The second-order valence-corrected chi connectivity index (χ2v) is 9.60. The third-order valence-electron chi connectivity index (χ3n) is 7.88. The number of methoxy groups -OCH3 is 1. The van der Waals surface area contributed by atoms with Gasteiger partial charge in [-0.25, -0.2) is 4.79 Å². The Hall–Kier alpha value is -2.79. The number of esters is 1. The standard InChI is InChI=1S/C27H31N3O2/c1-32-27(31)18-10-11-20-23(16-18)30-15-14-29-13-12-22(28)19-8-5-9-21(25(19)29)26(30)24(20)17-6-3-2-4-7-17/h5,8-11,16-17,22H,2-4,6-7,12-15,28H2,1H3/t22-/m1/s1. The fourth-order valence-electron chi connectivity index (χ4n) is 6.36. The molecule has 3 aliphatic rings. The van der Waals surface area contributed by atoms with E-state index in [0.29, 0.717) is 11.5 Å². The Morgan fingerprint density at radius 3 is 2.69 bits per heavy atom. The molecule has 2 aliphatic heterocycles. The number of aromatic nitrogens is 1. The van der Waals surface area contributed by atoms with Crippen molar-refractivity contribution in [3.05, 3.63) is 53.1 Å². The van der Waals surface area contributed by atoms with Crippen LogP contribution < -0.4 is 10.6 Å². The van der Waals surface area contributed by atoms with Crippen LogP contribution in [0.25, 0.3) is 22.2 Å². The van der Waals surface area contributed by atoms with Crippen molar-refractivity contribution in [3.8, 4) is 11.3 Å². The second kappa shape index (κ2) is 7.66. The average Bonchev–Trinajstić information content (AvgIpc) is 3.07. The van der Waals surface area contributed by atoms with Crippen LogP contribution in [0.3, 0.4) is 0 Å². The van der Waals surface area contributed by atoms with Gasteiger partial charge in [0.15, 0.2) is 0 Å². The van der Waals surface area contributed by atoms with Gasteiger partial charge >= 0.3 is 5.97 Å². The lowest BCUT2D eigenvalue weighted by atomic mass is 9.81. The van der Waals surface area contributed by atoms with Crippen LogP contribution in [-0.2, 0) is 11.3 Å². The molecule has 3 heterocycles. The minimum Gasteiger partial charge on any atom is -0.465 e. The first kappa shape index (κ1) is 19.9. The van der Waals surface area contributed by atoms with Gasteiger partial charge in [-0.15, -0.1) is 0 Å². The zero-order chi connectivity index (χ0) is 21.8. The van der Waals surface area contributed by atoms with E-state index in [1.807, 2.05) is 12.1 Å². The molecule has 5 heteroatoms. The number of carbonyl (C=O) groups excluding carboxylic acids is 1. The fourth-order valence-corrected chi connectivity index (χ4v) is 6.36. The summed E-state index contributed by atoms with van der Waals surface area (Å²) >= 11 is 0. The molecule has 1 aromatic heterocycles. The Balaban J connectivity index is 1.66. The Kier molecular flexibility index (Phi) is 4.76. The molecule has 166 valence electrons. The number of nitrogens with zero attached hydrogens (tertiary/aromatic N) is 2. The molecule has 0 bridgehead atoms. The number of hydrogen-bond acceptors (Lipinski definition) is 4. The number of para-hydroxylation sites is 1. The quantitative estimate of drug-likeness (QED) is 0.557. The fraction of sp³-hybridized carbons (Fsp3) is 0.444. The lowest BCUT2D eigenvalue weighted by Crippen LogP contribution is -2.35. The van der Waals surface area contributed by atoms with Gasteiger partial charge in [-0.05, 0) is 48.4 Å². The Morgan fingerprint density at radius 1 is 1.03 bits per heavy atom. The molecule has 1 aliphatic carbocycles. The molecular formula is C27H31N3O2. The van der Waals surface area contributed by atoms with Crippen LogP contribution in [0.2, 0.25) is 0 Å². The summed E-state index contributed by atoms with van der Waals surface area (Å²) < 4.78 is 7.51. The Morgan fingerprint density at radius 2 is 1.88 bits per heavy atom. The van der Waals surface area contributed by atoms with Gasteiger partial charge in [-0.2, -0.15) is 0 Å². The summed E-state index contributed by atoms with van der Waals surface area (Å²) in [4.78, 5) is 14.9. The number of hydrogen-bond donors (Lipinski definition) is 1. The second-order valence-electron chi connectivity index (χ2n) is 9.60. The van der Waals surface area contributed by atoms with E-state index in [4.69, 9.17) is 10.5 Å². The number of anilines is 1. The number of rotatable bonds is 2. The van der Waals surface area contributed by atoms with E-state index in [2.05, 4.69) is 33.7 Å². The zero-order valence-corrected chi connectivity index (χ0v) is 18.8. The molecule has 1 atom stereocenters. The summed E-state index contributed by atoms with van der Waals surface area (Å²) in [5.41, 5.74) is 15.1. The first-order valence-electron chi connectivity index (χ1n) is 12.1. The zero-order valence-electron chi connectivity index (χ0n) is 18.8. The molecule has 3 aromatic rings. The highest BCUT2D eigenvalue weighted by molar-refractivity contribution is 6.00. The summed E-state index contributed by atoms with van der Waals surface area (Å²) in [7, 11) is 1.45. The molecule has 2 N–H and O–H groups in total. The van der Waals surface area contributed by atoms with E-state index >= 15 is 0 Å². The van der Waals surface area contributed by atoms with Gasteiger partial charge in [-0.3, -0.25) is 0 Å². The SMILES string of the molecule is COC(=O)c1ccc2c(C3CCCCC3)c3n(c2c1)CCN1CC[C@@H](N)c2cccc-3c21. The maximum absolute atomic E-state index is 12.3. The third-order valence-corrected chi connectivity index (χ3v) is 7.88. The highest BCUT2D eigenvalue weighted by atomic mass is 16.5. The molecule has 6 rings (SSSR count). The maximum atomic E-state index is 12.3. The van der Waals surface area contributed by atoms with Gasteiger partial charge in [-0.1, -0.05) is 43.5 Å². The molecule has 0 unspecified atom stereocenters. The Bertz CT molecular complexity index is 1210. The molecule has 0 amide bonds. The smallest absolute Gasteiger partial charge is 0.337 e. The van der Waals surface area contributed by atoms with Crippen molar-refractivity contribution in [2.45, 2.75) is 57.0 Å². The van der Waals surface area contributed by atoms with Crippen molar-refractivity contribution in [1.82, 2.24) is 4.57 Å². The maximum Gasteiger partial charge on any atom is 0.337 e. The number of fused-ring (bicyclic) bond motifs is 4. The lowest BCUT2D eigenvalue weighted by molar-refractivity contribution is 0.0601. The van der Waals surface area contributed by atoms with Crippen LogP contribution in [0.1, 0.15) is 72.0 Å². The molecule has 1 fully saturated rings. The molecule has 0 radical (unpaired) electrons. The van der Waals surface area contributed by atoms with Gasteiger partial charge in [0, 0.05) is 42.1 Å². The molecule has 32 heavy (non-hydrogen) atoms. The van der Waals surface area contributed by atoms with Gasteiger partial charge in [0.1, 0.15) is 0 Å². The van der Waals surface area contributed by atoms with Crippen LogP contribution in [0.4, 0.5) is 5.69 Å². The minimum absolute atomic E-state index is 0.0983. The van der Waals surface area contributed by atoms with Gasteiger partial charge in [0.2, 0.25) is 0 Å².